The maximum Gasteiger partial charge on any atom is 0.266 e. The number of nitrogens with zero attached hydrogens (tertiary/aromatic N) is 3. The van der Waals surface area contributed by atoms with E-state index in [0.717, 1.165) is 17.7 Å². The summed E-state index contributed by atoms with van der Waals surface area (Å²) in [7, 11) is 3.95. The van der Waals surface area contributed by atoms with Crippen LogP contribution in [0.2, 0.25) is 5.02 Å². The lowest BCUT2D eigenvalue weighted by atomic mass is 10.3. The lowest BCUT2D eigenvalue weighted by Crippen LogP contribution is -2.37. The third-order valence-electron chi connectivity index (χ3n) is 4.07. The Morgan fingerprint density at radius 2 is 1.96 bits per heavy atom. The van der Waals surface area contributed by atoms with Gasteiger partial charge in [-0.15, -0.1) is 0 Å². The second-order valence-electron chi connectivity index (χ2n) is 6.50. The summed E-state index contributed by atoms with van der Waals surface area (Å²) in [6.45, 7) is 1.03. The molecular weight excluding hydrogens is 401 g/mol. The van der Waals surface area contributed by atoms with Gasteiger partial charge in [0.2, 0.25) is 0 Å². The summed E-state index contributed by atoms with van der Waals surface area (Å²) in [6.07, 6.45) is 0.766. The Morgan fingerprint density at radius 1 is 1.18 bits per heavy atom. The van der Waals surface area contributed by atoms with Crippen molar-refractivity contribution < 1.29 is 13.9 Å². The van der Waals surface area contributed by atoms with Gasteiger partial charge in [-0.25, -0.2) is 9.37 Å². The van der Waals surface area contributed by atoms with E-state index in [0.29, 0.717) is 22.2 Å². The number of para-hydroxylation sites is 2. The number of halogens is 2. The normalized spacial score (nSPS) is 11.2. The van der Waals surface area contributed by atoms with Gasteiger partial charge in [0.05, 0.1) is 9.72 Å². The first-order chi connectivity index (χ1) is 13.5. The molecule has 0 aliphatic heterocycles. The minimum Gasteiger partial charge on any atom is -0.481 e. The molecule has 1 heterocycles. The molecule has 28 heavy (non-hydrogen) atoms. The summed E-state index contributed by atoms with van der Waals surface area (Å²) < 4.78 is 20.1. The summed E-state index contributed by atoms with van der Waals surface area (Å²) in [5, 5.41) is 1.10. The quantitative estimate of drug-likeness (QED) is 0.539. The number of carbonyl (C=O) groups excluding carboxylic acids is 1. The van der Waals surface area contributed by atoms with E-state index < -0.39 is 5.82 Å². The Kier molecular flexibility index (Phi) is 6.83. The van der Waals surface area contributed by atoms with Crippen molar-refractivity contribution in [3.63, 3.8) is 0 Å². The number of ether oxygens (including phenoxy) is 1. The molecule has 0 atom stereocenters. The number of carbonyl (C=O) groups is 1. The average Bonchev–Trinajstić information content (AvgIpc) is 3.09. The number of hydrogen-bond acceptors (Lipinski definition) is 5. The molecule has 5 nitrogen and oxygen atoms in total. The van der Waals surface area contributed by atoms with E-state index in [1.165, 1.54) is 23.5 Å². The average molecular weight is 422 g/mol. The standard InChI is InChI=1S/C20H21ClFN3O2S/c1-24(2)11-6-12-25(18(26)13-27-16-9-4-3-8-15(16)22)20-23-19-14(21)7-5-10-17(19)28-20/h3-5,7-10H,6,11-13H2,1-2H3. The fourth-order valence-electron chi connectivity index (χ4n) is 2.67. The van der Waals surface area contributed by atoms with E-state index in [1.807, 2.05) is 31.1 Å². The number of benzene rings is 2. The van der Waals surface area contributed by atoms with Crippen molar-refractivity contribution in [2.24, 2.45) is 0 Å². The molecule has 0 fully saturated rings. The fraction of sp³-hybridized carbons (Fsp3) is 0.300. The van der Waals surface area contributed by atoms with Gasteiger partial charge in [0.1, 0.15) is 5.52 Å². The number of anilines is 1. The van der Waals surface area contributed by atoms with Gasteiger partial charge in [0.25, 0.3) is 5.91 Å². The molecule has 0 aliphatic rings. The molecule has 3 aromatic rings. The van der Waals surface area contributed by atoms with Crippen LogP contribution in [-0.2, 0) is 4.79 Å². The van der Waals surface area contributed by atoms with Crippen molar-refractivity contribution in [3.05, 3.63) is 53.3 Å². The van der Waals surface area contributed by atoms with Crippen molar-refractivity contribution in [1.29, 1.82) is 0 Å². The van der Waals surface area contributed by atoms with Crippen LogP contribution in [0.25, 0.3) is 10.2 Å². The van der Waals surface area contributed by atoms with E-state index in [-0.39, 0.29) is 18.3 Å². The topological polar surface area (TPSA) is 45.7 Å². The summed E-state index contributed by atoms with van der Waals surface area (Å²) in [6, 6.07) is 11.6. The number of fused-ring (bicyclic) bond motifs is 1. The number of aromatic nitrogens is 1. The summed E-state index contributed by atoms with van der Waals surface area (Å²) in [5.41, 5.74) is 0.671. The highest BCUT2D eigenvalue weighted by atomic mass is 35.5. The number of rotatable bonds is 8. The Labute approximate surface area is 172 Å². The molecule has 0 saturated carbocycles. The van der Waals surface area contributed by atoms with Crippen molar-refractivity contribution >= 4 is 44.2 Å². The third kappa shape index (κ3) is 4.98. The molecule has 0 radical (unpaired) electrons. The van der Waals surface area contributed by atoms with Crippen LogP contribution >= 0.6 is 22.9 Å². The molecule has 8 heteroatoms. The van der Waals surface area contributed by atoms with Crippen LogP contribution in [0.5, 0.6) is 5.75 Å². The summed E-state index contributed by atoms with van der Waals surface area (Å²) in [4.78, 5) is 21.1. The molecule has 1 amide bonds. The van der Waals surface area contributed by atoms with Gasteiger partial charge in [-0.1, -0.05) is 41.1 Å². The molecule has 0 aliphatic carbocycles. The monoisotopic (exact) mass is 421 g/mol. The number of hydrogen-bond donors (Lipinski definition) is 0. The highest BCUT2D eigenvalue weighted by Gasteiger charge is 2.21. The lowest BCUT2D eigenvalue weighted by Gasteiger charge is -2.21. The molecule has 1 aromatic heterocycles. The Morgan fingerprint density at radius 3 is 2.68 bits per heavy atom. The van der Waals surface area contributed by atoms with Gasteiger partial charge in [0, 0.05) is 6.54 Å². The molecule has 0 bridgehead atoms. The second-order valence-corrected chi connectivity index (χ2v) is 7.92. The van der Waals surface area contributed by atoms with Gasteiger partial charge < -0.3 is 9.64 Å². The predicted molar refractivity (Wildman–Crippen MR) is 112 cm³/mol. The van der Waals surface area contributed by atoms with Gasteiger partial charge in [-0.2, -0.15) is 0 Å². The predicted octanol–water partition coefficient (Wildman–Crippen LogP) is 4.45. The van der Waals surface area contributed by atoms with Crippen LogP contribution in [0.3, 0.4) is 0 Å². The van der Waals surface area contributed by atoms with E-state index >= 15 is 0 Å². The second kappa shape index (κ2) is 9.32. The van der Waals surface area contributed by atoms with E-state index in [2.05, 4.69) is 4.98 Å². The zero-order chi connectivity index (χ0) is 20.1. The molecule has 0 N–H and O–H groups in total. The maximum atomic E-state index is 13.8. The lowest BCUT2D eigenvalue weighted by molar-refractivity contribution is -0.120. The Balaban J connectivity index is 1.79. The van der Waals surface area contributed by atoms with Crippen LogP contribution in [0, 0.1) is 5.82 Å². The van der Waals surface area contributed by atoms with E-state index in [4.69, 9.17) is 16.3 Å². The summed E-state index contributed by atoms with van der Waals surface area (Å²) in [5.74, 6) is -0.727. The van der Waals surface area contributed by atoms with Crippen LogP contribution in [0.15, 0.2) is 42.5 Å². The first-order valence-corrected chi connectivity index (χ1v) is 10.0. The van der Waals surface area contributed by atoms with Crippen molar-refractivity contribution in [2.75, 3.05) is 38.7 Å². The smallest absolute Gasteiger partial charge is 0.266 e. The van der Waals surface area contributed by atoms with Crippen molar-refractivity contribution in [1.82, 2.24) is 9.88 Å². The first-order valence-electron chi connectivity index (χ1n) is 8.83. The van der Waals surface area contributed by atoms with Crippen LogP contribution in [0.1, 0.15) is 6.42 Å². The van der Waals surface area contributed by atoms with Crippen LogP contribution < -0.4 is 9.64 Å². The van der Waals surface area contributed by atoms with Crippen molar-refractivity contribution in [2.45, 2.75) is 6.42 Å². The third-order valence-corrected chi connectivity index (χ3v) is 5.41. The minimum atomic E-state index is -0.499. The zero-order valence-corrected chi connectivity index (χ0v) is 17.3. The highest BCUT2D eigenvalue weighted by molar-refractivity contribution is 7.22. The molecule has 3 rings (SSSR count). The summed E-state index contributed by atoms with van der Waals surface area (Å²) >= 11 is 7.62. The SMILES string of the molecule is CN(C)CCCN(C(=O)COc1ccccc1F)c1nc2c(Cl)cccc2s1. The van der Waals surface area contributed by atoms with Crippen LogP contribution in [-0.4, -0.2) is 49.6 Å². The maximum absolute atomic E-state index is 13.8. The Hall–Kier alpha value is -2.22. The zero-order valence-electron chi connectivity index (χ0n) is 15.7. The molecule has 2 aromatic carbocycles. The van der Waals surface area contributed by atoms with Gasteiger partial charge in [0.15, 0.2) is 23.3 Å². The van der Waals surface area contributed by atoms with Gasteiger partial charge in [-0.3, -0.25) is 9.69 Å². The molecule has 148 valence electrons. The first kappa shape index (κ1) is 20.5. The van der Waals surface area contributed by atoms with Gasteiger partial charge >= 0.3 is 0 Å². The molecular formula is C20H21ClFN3O2S. The fourth-order valence-corrected chi connectivity index (χ4v) is 3.98. The largest absolute Gasteiger partial charge is 0.481 e. The molecule has 0 saturated heterocycles. The number of amides is 1. The minimum absolute atomic E-state index is 0.0523. The van der Waals surface area contributed by atoms with E-state index in [1.54, 1.807) is 23.1 Å². The van der Waals surface area contributed by atoms with E-state index in [9.17, 15) is 9.18 Å². The van der Waals surface area contributed by atoms with Crippen molar-refractivity contribution in [3.8, 4) is 5.75 Å². The molecule has 0 spiro atoms. The van der Waals surface area contributed by atoms with Crippen LogP contribution in [0.4, 0.5) is 9.52 Å². The number of thiazole rings is 1. The molecule has 0 unspecified atom stereocenters. The van der Waals surface area contributed by atoms with Gasteiger partial charge in [-0.05, 0) is 51.3 Å². The highest BCUT2D eigenvalue weighted by Crippen LogP contribution is 2.33. The Bertz CT molecular complexity index is 964.